The predicted molar refractivity (Wildman–Crippen MR) is 81.0 cm³/mol. The van der Waals surface area contributed by atoms with Crippen LogP contribution in [0.3, 0.4) is 0 Å². The van der Waals surface area contributed by atoms with E-state index in [1.807, 2.05) is 4.90 Å². The molecule has 1 heterocycles. The van der Waals surface area contributed by atoms with E-state index in [1.54, 1.807) is 0 Å². The van der Waals surface area contributed by atoms with Gasteiger partial charge in [0.2, 0.25) is 5.91 Å². The highest BCUT2D eigenvalue weighted by molar-refractivity contribution is 5.87. The fourth-order valence-electron chi connectivity index (χ4n) is 2.88. The highest BCUT2D eigenvalue weighted by Crippen LogP contribution is 2.30. The summed E-state index contributed by atoms with van der Waals surface area (Å²) in [6.07, 6.45) is 2.64. The predicted octanol–water partition coefficient (Wildman–Crippen LogP) is 2.78. The molecule has 1 fully saturated rings. The van der Waals surface area contributed by atoms with E-state index in [9.17, 15) is 4.79 Å². The van der Waals surface area contributed by atoms with Crippen LogP contribution in [0.1, 0.15) is 41.0 Å². The fraction of sp³-hybridized carbons (Fsp3) is 0.812. The van der Waals surface area contributed by atoms with Crippen LogP contribution in [0.5, 0.6) is 0 Å². The van der Waals surface area contributed by atoms with Gasteiger partial charge in [0.25, 0.3) is 0 Å². The first kappa shape index (κ1) is 16.2. The summed E-state index contributed by atoms with van der Waals surface area (Å²) >= 11 is 0. The zero-order valence-electron chi connectivity index (χ0n) is 13.3. The summed E-state index contributed by atoms with van der Waals surface area (Å²) in [7, 11) is 0. The number of carbonyl (C=O) groups is 1. The molecule has 0 aliphatic carbocycles. The van der Waals surface area contributed by atoms with E-state index in [-0.39, 0.29) is 11.3 Å². The molecule has 1 saturated heterocycles. The summed E-state index contributed by atoms with van der Waals surface area (Å²) in [5.41, 5.74) is 0.287. The normalized spacial score (nSPS) is 19.6. The quantitative estimate of drug-likeness (QED) is 0.731. The minimum Gasteiger partial charge on any atom is -0.337 e. The summed E-state index contributed by atoms with van der Waals surface area (Å²) in [4.78, 5) is 16.1. The molecular formula is C16H30N2O. The molecule has 1 aliphatic heterocycles. The molecule has 1 amide bonds. The van der Waals surface area contributed by atoms with E-state index in [2.05, 4.69) is 46.1 Å². The molecular weight excluding hydrogens is 236 g/mol. The Morgan fingerprint density at radius 1 is 1.21 bits per heavy atom. The Morgan fingerprint density at radius 2 is 1.74 bits per heavy atom. The third-order valence-corrected chi connectivity index (χ3v) is 3.94. The zero-order chi connectivity index (χ0) is 14.6. The van der Waals surface area contributed by atoms with Crippen LogP contribution in [0.15, 0.2) is 12.7 Å². The Labute approximate surface area is 118 Å². The number of piperazine rings is 1. The number of hydrogen-bond acceptors (Lipinski definition) is 2. The third-order valence-electron chi connectivity index (χ3n) is 3.94. The molecule has 1 unspecified atom stereocenters. The van der Waals surface area contributed by atoms with Crippen molar-refractivity contribution >= 4 is 5.91 Å². The van der Waals surface area contributed by atoms with Gasteiger partial charge in [0.15, 0.2) is 0 Å². The van der Waals surface area contributed by atoms with E-state index < -0.39 is 0 Å². The minimum atomic E-state index is 0.0656. The van der Waals surface area contributed by atoms with Crippen LogP contribution in [0, 0.1) is 11.3 Å². The van der Waals surface area contributed by atoms with Crippen molar-refractivity contribution in [3.05, 3.63) is 12.7 Å². The monoisotopic (exact) mass is 266 g/mol. The van der Waals surface area contributed by atoms with Gasteiger partial charge in [-0.2, -0.15) is 0 Å². The molecule has 3 heteroatoms. The molecule has 0 aromatic rings. The summed E-state index contributed by atoms with van der Waals surface area (Å²) in [5.74, 6) is 0.771. The van der Waals surface area contributed by atoms with Crippen LogP contribution in [0.4, 0.5) is 0 Å². The molecule has 0 radical (unpaired) electrons. The molecule has 1 aliphatic rings. The van der Waals surface area contributed by atoms with Gasteiger partial charge in [-0.15, -0.1) is 0 Å². The fourth-order valence-corrected chi connectivity index (χ4v) is 2.88. The van der Waals surface area contributed by atoms with Crippen molar-refractivity contribution in [3.63, 3.8) is 0 Å². The zero-order valence-corrected chi connectivity index (χ0v) is 13.3. The first-order valence-electron chi connectivity index (χ1n) is 7.41. The van der Waals surface area contributed by atoms with Crippen molar-refractivity contribution in [2.45, 2.75) is 47.1 Å². The second-order valence-electron chi connectivity index (χ2n) is 7.08. The van der Waals surface area contributed by atoms with Crippen LogP contribution >= 0.6 is 0 Å². The molecule has 0 spiro atoms. The average molecular weight is 266 g/mol. The van der Waals surface area contributed by atoms with Gasteiger partial charge in [0.05, 0.1) is 0 Å². The maximum atomic E-state index is 11.6. The van der Waals surface area contributed by atoms with E-state index >= 15 is 0 Å². The van der Waals surface area contributed by atoms with Crippen molar-refractivity contribution < 1.29 is 4.79 Å². The Hall–Kier alpha value is -0.830. The molecule has 110 valence electrons. The number of carbonyl (C=O) groups excluding carboxylic acids is 1. The standard InChI is InChI=1S/C16H30N2O/c1-7-15(19)18-10-8-17(9-11-18)14(12-13(2)3)16(4,5)6/h7,13-14H,1,8-12H2,2-6H3. The molecule has 3 nitrogen and oxygen atoms in total. The number of rotatable bonds is 4. The van der Waals surface area contributed by atoms with Crippen molar-refractivity contribution in [2.24, 2.45) is 11.3 Å². The third kappa shape index (κ3) is 4.64. The van der Waals surface area contributed by atoms with Gasteiger partial charge in [-0.05, 0) is 23.8 Å². The molecule has 1 rings (SSSR count). The molecule has 0 aromatic heterocycles. The van der Waals surface area contributed by atoms with Crippen LogP contribution in [-0.2, 0) is 4.79 Å². The van der Waals surface area contributed by atoms with Gasteiger partial charge in [0.1, 0.15) is 0 Å². The highest BCUT2D eigenvalue weighted by Gasteiger charge is 2.33. The maximum Gasteiger partial charge on any atom is 0.246 e. The van der Waals surface area contributed by atoms with Crippen molar-refractivity contribution in [1.29, 1.82) is 0 Å². The lowest BCUT2D eigenvalue weighted by molar-refractivity contribution is -0.128. The summed E-state index contributed by atoms with van der Waals surface area (Å²) in [6, 6.07) is 0.591. The van der Waals surface area contributed by atoms with Gasteiger partial charge >= 0.3 is 0 Å². The molecule has 0 aromatic carbocycles. The minimum absolute atomic E-state index is 0.0656. The number of amides is 1. The Kier molecular flexibility index (Phi) is 5.60. The Morgan fingerprint density at radius 3 is 2.11 bits per heavy atom. The summed E-state index contributed by atoms with van der Waals surface area (Å²) in [6.45, 7) is 18.7. The van der Waals surface area contributed by atoms with Gasteiger partial charge in [-0.3, -0.25) is 9.69 Å². The maximum absolute atomic E-state index is 11.6. The smallest absolute Gasteiger partial charge is 0.246 e. The van der Waals surface area contributed by atoms with Crippen molar-refractivity contribution in [2.75, 3.05) is 26.2 Å². The van der Waals surface area contributed by atoms with Crippen LogP contribution in [0.25, 0.3) is 0 Å². The van der Waals surface area contributed by atoms with Gasteiger partial charge in [-0.1, -0.05) is 41.2 Å². The first-order valence-corrected chi connectivity index (χ1v) is 7.41. The molecule has 0 bridgehead atoms. The lowest BCUT2D eigenvalue weighted by Crippen LogP contribution is -2.55. The van der Waals surface area contributed by atoms with E-state index in [1.165, 1.54) is 12.5 Å². The number of hydrogen-bond donors (Lipinski definition) is 0. The molecule has 19 heavy (non-hydrogen) atoms. The molecule has 0 N–H and O–H groups in total. The van der Waals surface area contributed by atoms with E-state index in [0.717, 1.165) is 26.2 Å². The van der Waals surface area contributed by atoms with Gasteiger partial charge in [-0.25, -0.2) is 0 Å². The lowest BCUT2D eigenvalue weighted by Gasteiger charge is -2.45. The van der Waals surface area contributed by atoms with Gasteiger partial charge < -0.3 is 4.90 Å². The summed E-state index contributed by atoms with van der Waals surface area (Å²) in [5, 5.41) is 0. The topological polar surface area (TPSA) is 23.6 Å². The van der Waals surface area contributed by atoms with Crippen LogP contribution in [0.2, 0.25) is 0 Å². The second-order valence-corrected chi connectivity index (χ2v) is 7.08. The summed E-state index contributed by atoms with van der Waals surface area (Å²) < 4.78 is 0. The molecule has 0 saturated carbocycles. The average Bonchev–Trinajstić information content (AvgIpc) is 2.34. The first-order chi connectivity index (χ1) is 8.75. The van der Waals surface area contributed by atoms with Crippen molar-refractivity contribution in [1.82, 2.24) is 9.80 Å². The Bertz CT molecular complexity index is 309. The van der Waals surface area contributed by atoms with Crippen molar-refractivity contribution in [3.8, 4) is 0 Å². The van der Waals surface area contributed by atoms with Crippen LogP contribution in [-0.4, -0.2) is 47.9 Å². The highest BCUT2D eigenvalue weighted by atomic mass is 16.2. The Balaban J connectivity index is 2.64. The molecule has 1 atom stereocenters. The lowest BCUT2D eigenvalue weighted by atomic mass is 9.80. The number of nitrogens with zero attached hydrogens (tertiary/aromatic N) is 2. The van der Waals surface area contributed by atoms with E-state index in [0.29, 0.717) is 12.0 Å². The largest absolute Gasteiger partial charge is 0.337 e. The SMILES string of the molecule is C=CC(=O)N1CCN(C(CC(C)C)C(C)(C)C)CC1. The second kappa shape index (κ2) is 6.56. The van der Waals surface area contributed by atoms with E-state index in [4.69, 9.17) is 0 Å². The van der Waals surface area contributed by atoms with Crippen LogP contribution < -0.4 is 0 Å². The van der Waals surface area contributed by atoms with Gasteiger partial charge in [0, 0.05) is 32.2 Å².